The minimum Gasteiger partial charge on any atom is -0.444 e. The minimum absolute atomic E-state index is 0.107. The van der Waals surface area contributed by atoms with Gasteiger partial charge in [-0.3, -0.25) is 0 Å². The zero-order valence-corrected chi connectivity index (χ0v) is 14.5. The number of piperidine rings is 1. The molecule has 0 aromatic rings. The van der Waals surface area contributed by atoms with Crippen LogP contribution in [0.5, 0.6) is 0 Å². The van der Waals surface area contributed by atoms with Crippen LogP contribution >= 0.6 is 0 Å². The molecule has 6 nitrogen and oxygen atoms in total. The van der Waals surface area contributed by atoms with E-state index in [0.717, 1.165) is 25.7 Å². The molecule has 1 aliphatic heterocycles. The first-order valence-electron chi connectivity index (χ1n) is 8.56. The highest BCUT2D eigenvalue weighted by Gasteiger charge is 2.27. The molecule has 0 aromatic carbocycles. The summed E-state index contributed by atoms with van der Waals surface area (Å²) in [5.41, 5.74) is 0.847. The number of likely N-dealkylation sites (tertiary alicyclic amines) is 1. The van der Waals surface area contributed by atoms with Gasteiger partial charge >= 0.3 is 12.1 Å². The van der Waals surface area contributed by atoms with Crippen molar-refractivity contribution in [2.45, 2.75) is 70.9 Å². The summed E-state index contributed by atoms with van der Waals surface area (Å²) < 4.78 is 5.37. The smallest absolute Gasteiger partial charge is 0.410 e. The van der Waals surface area contributed by atoms with Crippen molar-refractivity contribution in [3.63, 3.8) is 0 Å². The number of nitrogens with zero attached hydrogens (tertiary/aromatic N) is 1. The SMILES string of the molecule is CC(C)(C)OC(=O)N1CCC(NC(=O)NC=C2CCCC2)CC1. The van der Waals surface area contributed by atoms with Crippen molar-refractivity contribution in [2.75, 3.05) is 13.1 Å². The zero-order chi connectivity index (χ0) is 16.9. The Bertz CT molecular complexity index is 452. The van der Waals surface area contributed by atoms with Crippen LogP contribution in [0.15, 0.2) is 11.8 Å². The molecule has 3 amide bonds. The van der Waals surface area contributed by atoms with Crippen molar-refractivity contribution >= 4 is 12.1 Å². The van der Waals surface area contributed by atoms with Crippen LogP contribution in [0.2, 0.25) is 0 Å². The maximum Gasteiger partial charge on any atom is 0.410 e. The fraction of sp³-hybridized carbons (Fsp3) is 0.765. The molecule has 1 heterocycles. The third-order valence-electron chi connectivity index (χ3n) is 4.14. The van der Waals surface area contributed by atoms with Gasteiger partial charge in [0.1, 0.15) is 5.60 Å². The van der Waals surface area contributed by atoms with Gasteiger partial charge in [0.2, 0.25) is 0 Å². The number of hydrogen-bond acceptors (Lipinski definition) is 3. The second-order valence-electron chi connectivity index (χ2n) is 7.37. The quantitative estimate of drug-likeness (QED) is 0.820. The molecule has 130 valence electrons. The normalized spacial score (nSPS) is 19.4. The fourth-order valence-corrected chi connectivity index (χ4v) is 2.90. The monoisotopic (exact) mass is 323 g/mol. The van der Waals surface area contributed by atoms with E-state index >= 15 is 0 Å². The number of allylic oxidation sites excluding steroid dienone is 1. The highest BCUT2D eigenvalue weighted by molar-refractivity contribution is 5.75. The van der Waals surface area contributed by atoms with Gasteiger partial charge in [0.15, 0.2) is 0 Å². The van der Waals surface area contributed by atoms with Crippen LogP contribution in [-0.2, 0) is 4.74 Å². The average Bonchev–Trinajstić information content (AvgIpc) is 2.97. The maximum absolute atomic E-state index is 12.0. The lowest BCUT2D eigenvalue weighted by Gasteiger charge is -2.33. The van der Waals surface area contributed by atoms with Crippen LogP contribution in [0.25, 0.3) is 0 Å². The van der Waals surface area contributed by atoms with Crippen LogP contribution in [0.1, 0.15) is 59.3 Å². The summed E-state index contributed by atoms with van der Waals surface area (Å²) in [4.78, 5) is 25.6. The molecule has 2 N–H and O–H groups in total. The lowest BCUT2D eigenvalue weighted by Crippen LogP contribution is -2.49. The van der Waals surface area contributed by atoms with Gasteiger partial charge in [0, 0.05) is 25.3 Å². The predicted molar refractivity (Wildman–Crippen MR) is 89.0 cm³/mol. The van der Waals surface area contributed by atoms with Crippen LogP contribution in [0.4, 0.5) is 9.59 Å². The molecule has 6 heteroatoms. The lowest BCUT2D eigenvalue weighted by molar-refractivity contribution is 0.0201. The number of rotatable bonds is 2. The molecule has 1 saturated heterocycles. The molecule has 0 spiro atoms. The van der Waals surface area contributed by atoms with Gasteiger partial charge in [-0.1, -0.05) is 5.57 Å². The van der Waals surface area contributed by atoms with Crippen molar-refractivity contribution in [2.24, 2.45) is 0 Å². The molecule has 0 atom stereocenters. The summed E-state index contributed by atoms with van der Waals surface area (Å²) in [5.74, 6) is 0. The Morgan fingerprint density at radius 3 is 2.35 bits per heavy atom. The maximum atomic E-state index is 12.0. The number of nitrogens with one attached hydrogen (secondary N) is 2. The van der Waals surface area contributed by atoms with Gasteiger partial charge in [0.25, 0.3) is 0 Å². The van der Waals surface area contributed by atoms with Crippen LogP contribution < -0.4 is 10.6 Å². The second kappa shape index (κ2) is 7.70. The Morgan fingerprint density at radius 1 is 1.17 bits per heavy atom. The Morgan fingerprint density at radius 2 is 1.78 bits per heavy atom. The first kappa shape index (κ1) is 17.6. The zero-order valence-electron chi connectivity index (χ0n) is 14.5. The first-order valence-corrected chi connectivity index (χ1v) is 8.56. The Balaban J connectivity index is 1.69. The fourth-order valence-electron chi connectivity index (χ4n) is 2.90. The van der Waals surface area contributed by atoms with Gasteiger partial charge in [-0.2, -0.15) is 0 Å². The molecule has 1 saturated carbocycles. The molecule has 2 aliphatic rings. The van der Waals surface area contributed by atoms with Gasteiger partial charge < -0.3 is 20.3 Å². The summed E-state index contributed by atoms with van der Waals surface area (Å²) in [7, 11) is 0. The Hall–Kier alpha value is -1.72. The predicted octanol–water partition coefficient (Wildman–Crippen LogP) is 3.14. The molecule has 23 heavy (non-hydrogen) atoms. The van der Waals surface area contributed by atoms with Crippen LogP contribution in [0.3, 0.4) is 0 Å². The van der Waals surface area contributed by atoms with E-state index in [4.69, 9.17) is 4.74 Å². The van der Waals surface area contributed by atoms with Gasteiger partial charge in [0.05, 0.1) is 0 Å². The largest absolute Gasteiger partial charge is 0.444 e. The minimum atomic E-state index is -0.472. The van der Waals surface area contributed by atoms with Crippen LogP contribution in [0, 0.1) is 0 Å². The Labute approximate surface area is 138 Å². The molecule has 2 rings (SSSR count). The average molecular weight is 323 g/mol. The summed E-state index contributed by atoms with van der Waals surface area (Å²) in [5, 5.41) is 5.80. The van der Waals surface area contributed by atoms with E-state index in [9.17, 15) is 9.59 Å². The highest BCUT2D eigenvalue weighted by atomic mass is 16.6. The molecule has 0 aromatic heterocycles. The van der Waals surface area contributed by atoms with E-state index in [1.165, 1.54) is 18.4 Å². The Kier molecular flexibility index (Phi) is 5.91. The van der Waals surface area contributed by atoms with E-state index in [0.29, 0.717) is 13.1 Å². The summed E-state index contributed by atoms with van der Waals surface area (Å²) in [6.45, 7) is 6.81. The lowest BCUT2D eigenvalue weighted by atomic mass is 10.1. The van der Waals surface area contributed by atoms with E-state index < -0.39 is 5.60 Å². The van der Waals surface area contributed by atoms with E-state index in [1.54, 1.807) is 4.90 Å². The van der Waals surface area contributed by atoms with E-state index in [2.05, 4.69) is 10.6 Å². The summed E-state index contributed by atoms with van der Waals surface area (Å²) in [6.07, 6.45) is 7.70. The molecular weight excluding hydrogens is 294 g/mol. The number of ether oxygens (including phenoxy) is 1. The van der Waals surface area contributed by atoms with Gasteiger partial charge in [-0.15, -0.1) is 0 Å². The number of hydrogen-bond donors (Lipinski definition) is 2. The molecular formula is C17H29N3O3. The summed E-state index contributed by atoms with van der Waals surface area (Å²) >= 11 is 0. The van der Waals surface area contributed by atoms with Crippen molar-refractivity contribution in [1.29, 1.82) is 0 Å². The second-order valence-corrected chi connectivity index (χ2v) is 7.37. The number of carbonyl (C=O) groups excluding carboxylic acids is 2. The number of amides is 3. The standard InChI is InChI=1S/C17H29N3O3/c1-17(2,3)23-16(22)20-10-8-14(9-11-20)19-15(21)18-12-13-6-4-5-7-13/h12,14H,4-11H2,1-3H3,(H2,18,19,21). The van der Waals surface area contributed by atoms with E-state index in [1.807, 2.05) is 27.0 Å². The van der Waals surface area contributed by atoms with Gasteiger partial charge in [-0.05, 0) is 59.3 Å². The molecule has 0 unspecified atom stereocenters. The number of carbonyl (C=O) groups is 2. The van der Waals surface area contributed by atoms with Crippen LogP contribution in [-0.4, -0.2) is 41.8 Å². The third-order valence-corrected chi connectivity index (χ3v) is 4.14. The van der Waals surface area contributed by atoms with Crippen molar-refractivity contribution in [3.8, 4) is 0 Å². The van der Waals surface area contributed by atoms with Crippen molar-refractivity contribution in [3.05, 3.63) is 11.8 Å². The summed E-state index contributed by atoms with van der Waals surface area (Å²) in [6, 6.07) is -0.0456. The topological polar surface area (TPSA) is 70.7 Å². The molecule has 1 aliphatic carbocycles. The van der Waals surface area contributed by atoms with Crippen molar-refractivity contribution < 1.29 is 14.3 Å². The molecule has 2 fully saturated rings. The molecule has 0 radical (unpaired) electrons. The van der Waals surface area contributed by atoms with Crippen molar-refractivity contribution in [1.82, 2.24) is 15.5 Å². The molecule has 0 bridgehead atoms. The van der Waals surface area contributed by atoms with E-state index in [-0.39, 0.29) is 18.2 Å². The third kappa shape index (κ3) is 6.12. The first-order chi connectivity index (χ1) is 10.8. The highest BCUT2D eigenvalue weighted by Crippen LogP contribution is 2.22. The number of urea groups is 1. The van der Waals surface area contributed by atoms with Gasteiger partial charge in [-0.25, -0.2) is 9.59 Å².